The van der Waals surface area contributed by atoms with E-state index in [2.05, 4.69) is 4.98 Å². The van der Waals surface area contributed by atoms with Crippen molar-refractivity contribution in [2.45, 2.75) is 13.5 Å². The van der Waals surface area contributed by atoms with Crippen LogP contribution in [0, 0.1) is 6.92 Å². The van der Waals surface area contributed by atoms with Crippen LogP contribution in [0.2, 0.25) is 5.02 Å². The number of aryl methyl sites for hydroxylation is 1. The van der Waals surface area contributed by atoms with Gasteiger partial charge in [-0.1, -0.05) is 17.7 Å². The summed E-state index contributed by atoms with van der Waals surface area (Å²) in [6.45, 7) is 2.16. The molecule has 0 aliphatic carbocycles. The third-order valence-corrected chi connectivity index (χ3v) is 2.06. The highest BCUT2D eigenvalue weighted by Crippen LogP contribution is 2.18. The first-order valence-corrected chi connectivity index (χ1v) is 4.91. The lowest BCUT2D eigenvalue weighted by Crippen LogP contribution is -1.94. The van der Waals surface area contributed by atoms with Gasteiger partial charge in [0.1, 0.15) is 11.5 Å². The van der Waals surface area contributed by atoms with E-state index in [1.54, 1.807) is 18.3 Å². The van der Waals surface area contributed by atoms with Gasteiger partial charge in [-0.05, 0) is 25.1 Å². The molecule has 4 heteroatoms. The molecule has 0 radical (unpaired) electrons. The molecular weight excluding hydrogens is 214 g/mol. The molecule has 1 aromatic carbocycles. The molecule has 0 bridgehead atoms. The Bertz CT molecular complexity index is 453. The van der Waals surface area contributed by atoms with E-state index in [4.69, 9.17) is 20.8 Å². The first-order chi connectivity index (χ1) is 7.24. The lowest BCUT2D eigenvalue weighted by molar-refractivity contribution is 0.260. The van der Waals surface area contributed by atoms with Crippen molar-refractivity contribution in [3.05, 3.63) is 47.1 Å². The number of rotatable bonds is 3. The predicted molar refractivity (Wildman–Crippen MR) is 57.0 cm³/mol. The largest absolute Gasteiger partial charge is 0.484 e. The summed E-state index contributed by atoms with van der Waals surface area (Å²) in [5.41, 5.74) is 0. The SMILES string of the molecule is Cc1cnc(COc2cccc(Cl)c2)o1. The Labute approximate surface area is 92.6 Å². The highest BCUT2D eigenvalue weighted by Gasteiger charge is 2.01. The molecule has 2 aromatic rings. The average molecular weight is 224 g/mol. The molecule has 1 heterocycles. The van der Waals surface area contributed by atoms with Crippen molar-refractivity contribution in [1.29, 1.82) is 0 Å². The van der Waals surface area contributed by atoms with E-state index in [9.17, 15) is 0 Å². The first kappa shape index (κ1) is 10.1. The molecule has 0 N–H and O–H groups in total. The average Bonchev–Trinajstić information content (AvgIpc) is 2.62. The van der Waals surface area contributed by atoms with Crippen molar-refractivity contribution in [3.8, 4) is 5.75 Å². The summed E-state index contributed by atoms with van der Waals surface area (Å²) in [5.74, 6) is 2.05. The van der Waals surface area contributed by atoms with Gasteiger partial charge < -0.3 is 9.15 Å². The third kappa shape index (κ3) is 2.73. The fourth-order valence-electron chi connectivity index (χ4n) is 1.17. The smallest absolute Gasteiger partial charge is 0.232 e. The van der Waals surface area contributed by atoms with E-state index in [0.29, 0.717) is 23.3 Å². The van der Waals surface area contributed by atoms with Gasteiger partial charge in [-0.25, -0.2) is 4.98 Å². The summed E-state index contributed by atoms with van der Waals surface area (Å²) in [6, 6.07) is 7.21. The maximum absolute atomic E-state index is 5.81. The van der Waals surface area contributed by atoms with Gasteiger partial charge in [-0.15, -0.1) is 0 Å². The molecule has 15 heavy (non-hydrogen) atoms. The van der Waals surface area contributed by atoms with E-state index >= 15 is 0 Å². The van der Waals surface area contributed by atoms with Crippen molar-refractivity contribution < 1.29 is 9.15 Å². The number of nitrogens with zero attached hydrogens (tertiary/aromatic N) is 1. The van der Waals surface area contributed by atoms with Gasteiger partial charge in [0.05, 0.1) is 6.20 Å². The minimum absolute atomic E-state index is 0.314. The monoisotopic (exact) mass is 223 g/mol. The molecule has 0 spiro atoms. The Hall–Kier alpha value is -1.48. The van der Waals surface area contributed by atoms with Crippen LogP contribution < -0.4 is 4.74 Å². The van der Waals surface area contributed by atoms with E-state index < -0.39 is 0 Å². The second kappa shape index (κ2) is 4.36. The molecule has 0 aliphatic heterocycles. The van der Waals surface area contributed by atoms with Crippen molar-refractivity contribution >= 4 is 11.6 Å². The number of benzene rings is 1. The van der Waals surface area contributed by atoms with Crippen molar-refractivity contribution in [2.75, 3.05) is 0 Å². The molecule has 0 saturated heterocycles. The second-order valence-corrected chi connectivity index (χ2v) is 3.55. The Morgan fingerprint density at radius 1 is 1.47 bits per heavy atom. The third-order valence-electron chi connectivity index (χ3n) is 1.83. The molecule has 3 nitrogen and oxygen atoms in total. The highest BCUT2D eigenvalue weighted by molar-refractivity contribution is 6.30. The number of hydrogen-bond acceptors (Lipinski definition) is 3. The lowest BCUT2D eigenvalue weighted by atomic mass is 10.3. The molecule has 0 saturated carbocycles. The lowest BCUT2D eigenvalue weighted by Gasteiger charge is -2.02. The molecule has 0 atom stereocenters. The van der Waals surface area contributed by atoms with Crippen LogP contribution in [0.25, 0.3) is 0 Å². The van der Waals surface area contributed by atoms with Gasteiger partial charge in [-0.2, -0.15) is 0 Å². The van der Waals surface area contributed by atoms with Gasteiger partial charge in [0.15, 0.2) is 6.61 Å². The predicted octanol–water partition coefficient (Wildman–Crippen LogP) is 3.22. The van der Waals surface area contributed by atoms with Crippen molar-refractivity contribution in [2.24, 2.45) is 0 Å². The van der Waals surface area contributed by atoms with E-state index in [0.717, 1.165) is 5.76 Å². The second-order valence-electron chi connectivity index (χ2n) is 3.11. The van der Waals surface area contributed by atoms with Crippen LogP contribution >= 0.6 is 11.6 Å². The standard InChI is InChI=1S/C11H10ClNO2/c1-8-6-13-11(15-8)7-14-10-4-2-3-9(12)5-10/h2-6H,7H2,1H3. The van der Waals surface area contributed by atoms with Crippen LogP contribution in [0.5, 0.6) is 5.75 Å². The fraction of sp³-hybridized carbons (Fsp3) is 0.182. The van der Waals surface area contributed by atoms with E-state index in [1.807, 2.05) is 19.1 Å². The van der Waals surface area contributed by atoms with Gasteiger partial charge in [-0.3, -0.25) is 0 Å². The Kier molecular flexibility index (Phi) is 2.92. The Morgan fingerprint density at radius 3 is 3.00 bits per heavy atom. The van der Waals surface area contributed by atoms with E-state index in [1.165, 1.54) is 0 Å². The van der Waals surface area contributed by atoms with Crippen LogP contribution in [0.15, 0.2) is 34.9 Å². The minimum atomic E-state index is 0.314. The quantitative estimate of drug-likeness (QED) is 0.802. The summed E-state index contributed by atoms with van der Waals surface area (Å²) in [7, 11) is 0. The molecule has 2 rings (SSSR count). The highest BCUT2D eigenvalue weighted by atomic mass is 35.5. The molecule has 0 amide bonds. The number of hydrogen-bond donors (Lipinski definition) is 0. The summed E-state index contributed by atoms with van der Waals surface area (Å²) in [4.78, 5) is 4.03. The zero-order chi connectivity index (χ0) is 10.7. The van der Waals surface area contributed by atoms with Crippen LogP contribution in [0.1, 0.15) is 11.7 Å². The van der Waals surface area contributed by atoms with Crippen LogP contribution in [0.4, 0.5) is 0 Å². The van der Waals surface area contributed by atoms with Crippen LogP contribution in [0.3, 0.4) is 0 Å². The van der Waals surface area contributed by atoms with Crippen LogP contribution in [-0.2, 0) is 6.61 Å². The number of aromatic nitrogens is 1. The zero-order valence-corrected chi connectivity index (χ0v) is 8.99. The minimum Gasteiger partial charge on any atom is -0.484 e. The van der Waals surface area contributed by atoms with Crippen molar-refractivity contribution in [1.82, 2.24) is 4.98 Å². The Balaban J connectivity index is 1.99. The van der Waals surface area contributed by atoms with Gasteiger partial charge in [0, 0.05) is 5.02 Å². The van der Waals surface area contributed by atoms with Gasteiger partial charge >= 0.3 is 0 Å². The number of oxazole rings is 1. The summed E-state index contributed by atoms with van der Waals surface area (Å²) < 4.78 is 10.7. The maximum Gasteiger partial charge on any atom is 0.232 e. The summed E-state index contributed by atoms with van der Waals surface area (Å²) in [5, 5.41) is 0.649. The van der Waals surface area contributed by atoms with Crippen molar-refractivity contribution in [3.63, 3.8) is 0 Å². The Morgan fingerprint density at radius 2 is 2.33 bits per heavy atom. The molecule has 0 fully saturated rings. The maximum atomic E-state index is 5.81. The first-order valence-electron chi connectivity index (χ1n) is 4.54. The summed E-state index contributed by atoms with van der Waals surface area (Å²) in [6.07, 6.45) is 1.66. The molecule has 0 aliphatic rings. The van der Waals surface area contributed by atoms with Gasteiger partial charge in [0.25, 0.3) is 0 Å². The molecule has 1 aromatic heterocycles. The molecule has 78 valence electrons. The van der Waals surface area contributed by atoms with Gasteiger partial charge in [0.2, 0.25) is 5.89 Å². The number of ether oxygens (including phenoxy) is 1. The topological polar surface area (TPSA) is 35.3 Å². The van der Waals surface area contributed by atoms with E-state index in [-0.39, 0.29) is 0 Å². The summed E-state index contributed by atoms with van der Waals surface area (Å²) >= 11 is 5.81. The van der Waals surface area contributed by atoms with Crippen LogP contribution in [-0.4, -0.2) is 4.98 Å². The molecular formula is C11H10ClNO2. The zero-order valence-electron chi connectivity index (χ0n) is 8.24. The number of halogens is 1. The normalized spacial score (nSPS) is 10.3. The fourth-order valence-corrected chi connectivity index (χ4v) is 1.35. The molecule has 0 unspecified atom stereocenters.